The van der Waals surface area contributed by atoms with Gasteiger partial charge in [0.05, 0.1) is 6.04 Å². The largest absolute Gasteiger partial charge is 0.480 e. The molecule has 10 nitrogen and oxygen atoms in total. The van der Waals surface area contributed by atoms with Gasteiger partial charge in [-0.05, 0) is 49.3 Å². The summed E-state index contributed by atoms with van der Waals surface area (Å²) >= 11 is 0. The fraction of sp³-hybridized carbons (Fsp3) is 0.400. The van der Waals surface area contributed by atoms with E-state index in [1.165, 1.54) is 4.90 Å². The Labute approximate surface area is 232 Å². The molecule has 2 saturated heterocycles. The van der Waals surface area contributed by atoms with Gasteiger partial charge in [0, 0.05) is 36.6 Å². The van der Waals surface area contributed by atoms with Crippen molar-refractivity contribution in [3.63, 3.8) is 0 Å². The molecule has 4 atom stereocenters. The Morgan fingerprint density at radius 1 is 0.925 bits per heavy atom. The molecule has 5 rings (SSSR count). The third-order valence-corrected chi connectivity index (χ3v) is 7.99. The maximum Gasteiger partial charge on any atom is 0.326 e. The van der Waals surface area contributed by atoms with Gasteiger partial charge in [0.25, 0.3) is 0 Å². The maximum absolute atomic E-state index is 13.7. The van der Waals surface area contributed by atoms with Gasteiger partial charge in [-0.1, -0.05) is 48.5 Å². The zero-order valence-corrected chi connectivity index (χ0v) is 22.3. The van der Waals surface area contributed by atoms with Crippen molar-refractivity contribution in [2.75, 3.05) is 13.1 Å². The lowest BCUT2D eigenvalue weighted by Gasteiger charge is -2.32. The van der Waals surface area contributed by atoms with Gasteiger partial charge >= 0.3 is 5.97 Å². The first kappa shape index (κ1) is 27.4. The van der Waals surface area contributed by atoms with Crippen molar-refractivity contribution in [1.82, 2.24) is 20.1 Å². The number of carboxylic acids is 1. The summed E-state index contributed by atoms with van der Waals surface area (Å²) in [5.41, 5.74) is 9.07. The number of nitrogens with one attached hydrogen (secondary N) is 2. The lowest BCUT2D eigenvalue weighted by atomic mass is 10.0. The van der Waals surface area contributed by atoms with Crippen LogP contribution >= 0.6 is 0 Å². The number of carboxylic acid groups (broad SMARTS) is 1. The number of H-pyrrole nitrogens is 1. The number of nitrogens with two attached hydrogens (primary N) is 1. The number of fused-ring (bicyclic) bond motifs is 1. The summed E-state index contributed by atoms with van der Waals surface area (Å²) in [5.74, 6) is -2.18. The van der Waals surface area contributed by atoms with E-state index in [4.69, 9.17) is 5.73 Å². The van der Waals surface area contributed by atoms with Gasteiger partial charge in [-0.2, -0.15) is 0 Å². The van der Waals surface area contributed by atoms with Gasteiger partial charge in [0.1, 0.15) is 18.1 Å². The minimum Gasteiger partial charge on any atom is -0.480 e. The number of rotatable bonds is 9. The average molecular weight is 546 g/mol. The third kappa shape index (κ3) is 5.72. The number of amides is 3. The van der Waals surface area contributed by atoms with Crippen LogP contribution < -0.4 is 11.1 Å². The normalized spacial score (nSPS) is 20.4. The first-order chi connectivity index (χ1) is 19.3. The van der Waals surface area contributed by atoms with E-state index in [9.17, 15) is 24.3 Å². The van der Waals surface area contributed by atoms with Crippen LogP contribution in [0.1, 0.15) is 36.8 Å². The van der Waals surface area contributed by atoms with Crippen molar-refractivity contribution >= 4 is 34.6 Å². The number of aromatic amines is 1. The summed E-state index contributed by atoms with van der Waals surface area (Å²) < 4.78 is 0. The van der Waals surface area contributed by atoms with Crippen LogP contribution in [0.15, 0.2) is 60.8 Å². The Bertz CT molecular complexity index is 1390. The number of carbonyl (C=O) groups is 4. The van der Waals surface area contributed by atoms with Gasteiger partial charge < -0.3 is 30.9 Å². The number of para-hydroxylation sites is 1. The Morgan fingerprint density at radius 2 is 1.60 bits per heavy atom. The van der Waals surface area contributed by atoms with Crippen LogP contribution in [0.4, 0.5) is 0 Å². The number of nitrogens with zero attached hydrogens (tertiary/aromatic N) is 2. The van der Waals surface area contributed by atoms with Crippen LogP contribution in [-0.2, 0) is 32.0 Å². The number of carbonyl (C=O) groups excluding carboxylic acids is 3. The van der Waals surface area contributed by atoms with E-state index < -0.39 is 36.0 Å². The zero-order chi connectivity index (χ0) is 28.2. The molecular weight excluding hydrogens is 510 g/mol. The van der Waals surface area contributed by atoms with Crippen molar-refractivity contribution in [1.29, 1.82) is 0 Å². The van der Waals surface area contributed by atoms with Gasteiger partial charge in [-0.3, -0.25) is 14.4 Å². The molecule has 0 aliphatic carbocycles. The van der Waals surface area contributed by atoms with Crippen molar-refractivity contribution in [2.24, 2.45) is 5.73 Å². The summed E-state index contributed by atoms with van der Waals surface area (Å²) in [6, 6.07) is 13.5. The maximum atomic E-state index is 13.7. The predicted molar refractivity (Wildman–Crippen MR) is 149 cm³/mol. The van der Waals surface area contributed by atoms with E-state index in [1.807, 2.05) is 60.8 Å². The number of aliphatic carboxylic acids is 1. The van der Waals surface area contributed by atoms with Crippen LogP contribution in [-0.4, -0.2) is 80.8 Å². The molecular formula is C30H35N5O5. The van der Waals surface area contributed by atoms with Crippen LogP contribution in [0, 0.1) is 0 Å². The summed E-state index contributed by atoms with van der Waals surface area (Å²) in [4.78, 5) is 58.5. The first-order valence-electron chi connectivity index (χ1n) is 13.8. The number of hydrogen-bond donors (Lipinski definition) is 4. The van der Waals surface area contributed by atoms with Gasteiger partial charge in [0.15, 0.2) is 0 Å². The van der Waals surface area contributed by atoms with E-state index in [1.54, 1.807) is 4.90 Å². The van der Waals surface area contributed by atoms with Crippen molar-refractivity contribution in [3.05, 3.63) is 71.9 Å². The highest BCUT2D eigenvalue weighted by atomic mass is 16.4. The van der Waals surface area contributed by atoms with Crippen molar-refractivity contribution < 1.29 is 24.3 Å². The fourth-order valence-electron chi connectivity index (χ4n) is 5.94. The van der Waals surface area contributed by atoms with E-state index >= 15 is 0 Å². The summed E-state index contributed by atoms with van der Waals surface area (Å²) in [7, 11) is 0. The Balaban J connectivity index is 1.24. The topological polar surface area (TPSA) is 149 Å². The van der Waals surface area contributed by atoms with E-state index in [0.717, 1.165) is 22.0 Å². The molecule has 210 valence electrons. The first-order valence-corrected chi connectivity index (χ1v) is 13.8. The Morgan fingerprint density at radius 3 is 2.35 bits per heavy atom. The highest BCUT2D eigenvalue weighted by Gasteiger charge is 2.43. The Hall–Kier alpha value is -4.18. The smallest absolute Gasteiger partial charge is 0.326 e. The average Bonchev–Trinajstić information content (AvgIpc) is 3.73. The summed E-state index contributed by atoms with van der Waals surface area (Å²) in [6.45, 7) is 0.812. The molecule has 3 amide bonds. The lowest BCUT2D eigenvalue weighted by molar-refractivity contribution is -0.148. The van der Waals surface area contributed by atoms with Crippen molar-refractivity contribution in [2.45, 2.75) is 62.7 Å². The second-order valence-electron chi connectivity index (χ2n) is 10.6. The number of hydrogen-bond acceptors (Lipinski definition) is 5. The minimum absolute atomic E-state index is 0.141. The number of aromatic nitrogens is 1. The fourth-order valence-corrected chi connectivity index (χ4v) is 5.94. The predicted octanol–water partition coefficient (Wildman–Crippen LogP) is 1.83. The highest BCUT2D eigenvalue weighted by Crippen LogP contribution is 2.26. The monoisotopic (exact) mass is 545 g/mol. The van der Waals surface area contributed by atoms with Gasteiger partial charge in [-0.25, -0.2) is 4.79 Å². The minimum atomic E-state index is -1.13. The second-order valence-corrected chi connectivity index (χ2v) is 10.6. The van der Waals surface area contributed by atoms with E-state index in [0.29, 0.717) is 45.2 Å². The molecule has 1 aromatic heterocycles. The molecule has 0 bridgehead atoms. The molecule has 0 saturated carbocycles. The van der Waals surface area contributed by atoms with E-state index in [2.05, 4.69) is 10.3 Å². The zero-order valence-electron chi connectivity index (χ0n) is 22.3. The summed E-state index contributed by atoms with van der Waals surface area (Å²) in [5, 5.41) is 13.4. The molecule has 4 unspecified atom stereocenters. The van der Waals surface area contributed by atoms with Crippen LogP contribution in [0.25, 0.3) is 10.9 Å². The molecule has 2 aliphatic rings. The molecule has 2 aliphatic heterocycles. The van der Waals surface area contributed by atoms with Crippen molar-refractivity contribution in [3.8, 4) is 0 Å². The highest BCUT2D eigenvalue weighted by molar-refractivity contribution is 5.95. The molecule has 2 aromatic carbocycles. The molecule has 0 radical (unpaired) electrons. The molecule has 5 N–H and O–H groups in total. The molecule has 0 spiro atoms. The lowest BCUT2D eigenvalue weighted by Crippen LogP contribution is -2.56. The van der Waals surface area contributed by atoms with Gasteiger partial charge in [-0.15, -0.1) is 0 Å². The quantitative estimate of drug-likeness (QED) is 0.322. The SMILES string of the molecule is NC(Cc1c[nH]c2ccccc12)C(=O)N1CCCC1C(=O)N1CCCC1C(=O)NC(Cc1ccccc1)C(=O)O. The molecule has 10 heteroatoms. The van der Waals surface area contributed by atoms with Gasteiger partial charge in [0.2, 0.25) is 17.7 Å². The standard InChI is InChI=1S/C30H35N5O5/c31-22(17-20-18-32-23-11-5-4-10-21(20)23)28(37)35-15-7-13-26(35)29(38)34-14-6-12-25(34)27(36)33-24(30(39)40)16-19-8-2-1-3-9-19/h1-5,8-11,18,22,24-26,32H,6-7,12-17,31H2,(H,33,36)(H,39,40). The second kappa shape index (κ2) is 11.9. The van der Waals surface area contributed by atoms with Crippen LogP contribution in [0.2, 0.25) is 0 Å². The van der Waals surface area contributed by atoms with E-state index in [-0.39, 0.29) is 18.2 Å². The molecule has 2 fully saturated rings. The third-order valence-electron chi connectivity index (χ3n) is 7.99. The summed E-state index contributed by atoms with van der Waals surface area (Å²) in [6.07, 6.45) is 4.58. The number of benzene rings is 2. The molecule has 40 heavy (non-hydrogen) atoms. The van der Waals surface area contributed by atoms with Crippen LogP contribution in [0.5, 0.6) is 0 Å². The number of likely N-dealkylation sites (tertiary alicyclic amines) is 2. The Kier molecular flexibility index (Phi) is 8.16. The van der Waals surface area contributed by atoms with Crippen LogP contribution in [0.3, 0.4) is 0 Å². The molecule has 3 aromatic rings. The molecule has 3 heterocycles.